The number of thiazole rings is 1. The van der Waals surface area contributed by atoms with Crippen LogP contribution >= 0.6 is 11.3 Å². The molecule has 2 nitrogen and oxygen atoms in total. The number of rotatable bonds is 3. The molecule has 0 fully saturated rings. The van der Waals surface area contributed by atoms with E-state index >= 15 is 0 Å². The number of hydrogen-bond acceptors (Lipinski definition) is 3. The third kappa shape index (κ3) is 2.01. The van der Waals surface area contributed by atoms with E-state index in [1.54, 1.807) is 11.3 Å². The van der Waals surface area contributed by atoms with Gasteiger partial charge in [0.05, 0.1) is 5.01 Å². The van der Waals surface area contributed by atoms with Gasteiger partial charge < -0.3 is 5.73 Å². The van der Waals surface area contributed by atoms with Crippen LogP contribution in [-0.2, 0) is 0 Å². The van der Waals surface area contributed by atoms with Gasteiger partial charge in [0.15, 0.2) is 0 Å². The van der Waals surface area contributed by atoms with Crippen LogP contribution in [0.4, 0.5) is 0 Å². The van der Waals surface area contributed by atoms with Crippen molar-refractivity contribution in [3.63, 3.8) is 0 Å². The van der Waals surface area contributed by atoms with Crippen LogP contribution in [0.15, 0.2) is 5.38 Å². The van der Waals surface area contributed by atoms with Gasteiger partial charge in [0.1, 0.15) is 0 Å². The maximum absolute atomic E-state index is 5.59. The molecule has 0 saturated heterocycles. The lowest BCUT2D eigenvalue weighted by Crippen LogP contribution is -2.11. The van der Waals surface area contributed by atoms with E-state index < -0.39 is 0 Å². The van der Waals surface area contributed by atoms with Crippen LogP contribution in [0.1, 0.15) is 30.0 Å². The zero-order chi connectivity index (χ0) is 8.27. The highest BCUT2D eigenvalue weighted by Gasteiger charge is 2.09. The van der Waals surface area contributed by atoms with Crippen molar-refractivity contribution >= 4 is 11.3 Å². The molecular formula is C8H14N2S. The summed E-state index contributed by atoms with van der Waals surface area (Å²) in [6.45, 7) is 4.88. The molecule has 0 bridgehead atoms. The van der Waals surface area contributed by atoms with E-state index in [-0.39, 0.29) is 0 Å². The summed E-state index contributed by atoms with van der Waals surface area (Å²) in [4.78, 5) is 4.39. The Morgan fingerprint density at radius 2 is 2.45 bits per heavy atom. The van der Waals surface area contributed by atoms with E-state index in [0.717, 1.165) is 12.1 Å². The fraction of sp³-hybridized carbons (Fsp3) is 0.625. The van der Waals surface area contributed by atoms with Crippen molar-refractivity contribution in [2.45, 2.75) is 26.2 Å². The maximum Gasteiger partial charge on any atom is 0.0971 e. The molecule has 0 aliphatic carbocycles. The van der Waals surface area contributed by atoms with Crippen molar-refractivity contribution in [2.24, 2.45) is 5.73 Å². The van der Waals surface area contributed by atoms with Gasteiger partial charge in [0, 0.05) is 23.5 Å². The average molecular weight is 170 g/mol. The minimum Gasteiger partial charge on any atom is -0.330 e. The van der Waals surface area contributed by atoms with E-state index in [9.17, 15) is 0 Å². The Hall–Kier alpha value is -0.410. The smallest absolute Gasteiger partial charge is 0.0971 e. The molecule has 2 N–H and O–H groups in total. The van der Waals surface area contributed by atoms with E-state index in [0.29, 0.717) is 12.5 Å². The van der Waals surface area contributed by atoms with E-state index in [1.807, 2.05) is 6.92 Å². The fourth-order valence-corrected chi connectivity index (χ4v) is 2.00. The Balaban J connectivity index is 2.73. The Kier molecular flexibility index (Phi) is 3.02. The molecule has 0 spiro atoms. The van der Waals surface area contributed by atoms with Gasteiger partial charge in [-0.25, -0.2) is 4.98 Å². The van der Waals surface area contributed by atoms with Crippen LogP contribution in [0, 0.1) is 6.92 Å². The monoisotopic (exact) mass is 170 g/mol. The number of aryl methyl sites for hydroxylation is 1. The quantitative estimate of drug-likeness (QED) is 0.752. The molecule has 1 aromatic rings. The molecule has 0 radical (unpaired) electrons. The summed E-state index contributed by atoms with van der Waals surface area (Å²) in [5, 5.41) is 3.26. The second-order valence-corrected chi connectivity index (χ2v) is 3.56. The van der Waals surface area contributed by atoms with Gasteiger partial charge in [0.25, 0.3) is 0 Å². The molecule has 1 aromatic heterocycles. The minimum atomic E-state index is 0.466. The summed E-state index contributed by atoms with van der Waals surface area (Å²) < 4.78 is 0. The first-order chi connectivity index (χ1) is 5.27. The first-order valence-electron chi connectivity index (χ1n) is 3.90. The van der Waals surface area contributed by atoms with Crippen molar-refractivity contribution in [1.82, 2.24) is 4.98 Å². The summed E-state index contributed by atoms with van der Waals surface area (Å²) in [5.74, 6) is 0.466. The molecule has 0 aliphatic rings. The van der Waals surface area contributed by atoms with Crippen LogP contribution < -0.4 is 5.73 Å². The van der Waals surface area contributed by atoms with E-state index in [1.165, 1.54) is 5.01 Å². The van der Waals surface area contributed by atoms with Crippen LogP contribution in [0.3, 0.4) is 0 Å². The second kappa shape index (κ2) is 3.83. The zero-order valence-electron chi connectivity index (χ0n) is 7.00. The molecule has 0 saturated carbocycles. The van der Waals surface area contributed by atoms with Gasteiger partial charge in [-0.05, 0) is 13.3 Å². The van der Waals surface area contributed by atoms with Gasteiger partial charge in [-0.3, -0.25) is 0 Å². The Morgan fingerprint density at radius 3 is 2.82 bits per heavy atom. The molecule has 1 unspecified atom stereocenters. The second-order valence-electron chi connectivity index (χ2n) is 2.67. The zero-order valence-corrected chi connectivity index (χ0v) is 7.82. The van der Waals surface area contributed by atoms with Gasteiger partial charge in [-0.1, -0.05) is 6.92 Å². The average Bonchev–Trinajstić information content (AvgIpc) is 2.39. The van der Waals surface area contributed by atoms with E-state index in [2.05, 4.69) is 17.3 Å². The lowest BCUT2D eigenvalue weighted by atomic mass is 10.1. The van der Waals surface area contributed by atoms with Crippen molar-refractivity contribution < 1.29 is 0 Å². The molecule has 1 rings (SSSR count). The summed E-state index contributed by atoms with van der Waals surface area (Å²) in [6, 6.07) is 0. The Bertz CT molecular complexity index is 216. The van der Waals surface area contributed by atoms with Gasteiger partial charge in [-0.15, -0.1) is 11.3 Å². The molecule has 1 atom stereocenters. The highest BCUT2D eigenvalue weighted by molar-refractivity contribution is 7.09. The number of aromatic nitrogens is 1. The van der Waals surface area contributed by atoms with Crippen molar-refractivity contribution in [3.05, 3.63) is 16.1 Å². The van der Waals surface area contributed by atoms with Crippen molar-refractivity contribution in [1.29, 1.82) is 0 Å². The standard InChI is InChI=1S/C8H14N2S/c1-3-7(4-9)8-10-6(2)5-11-8/h5,7H,3-4,9H2,1-2H3. The molecule has 1 heterocycles. The molecule has 3 heteroatoms. The van der Waals surface area contributed by atoms with Gasteiger partial charge >= 0.3 is 0 Å². The number of nitrogens with zero attached hydrogens (tertiary/aromatic N) is 1. The summed E-state index contributed by atoms with van der Waals surface area (Å²) in [5.41, 5.74) is 6.70. The molecule has 11 heavy (non-hydrogen) atoms. The van der Waals surface area contributed by atoms with Crippen molar-refractivity contribution in [3.8, 4) is 0 Å². The van der Waals surface area contributed by atoms with Crippen molar-refractivity contribution in [2.75, 3.05) is 6.54 Å². The molecule has 0 amide bonds. The Morgan fingerprint density at radius 1 is 1.73 bits per heavy atom. The van der Waals surface area contributed by atoms with Crippen LogP contribution in [0.2, 0.25) is 0 Å². The largest absolute Gasteiger partial charge is 0.330 e. The fourth-order valence-electron chi connectivity index (χ4n) is 1.00. The van der Waals surface area contributed by atoms with Gasteiger partial charge in [-0.2, -0.15) is 0 Å². The van der Waals surface area contributed by atoms with Crippen LogP contribution in [0.25, 0.3) is 0 Å². The normalized spacial score (nSPS) is 13.4. The SMILES string of the molecule is CCC(CN)c1nc(C)cs1. The van der Waals surface area contributed by atoms with E-state index in [4.69, 9.17) is 5.73 Å². The number of hydrogen-bond donors (Lipinski definition) is 1. The van der Waals surface area contributed by atoms with Crippen LogP contribution in [-0.4, -0.2) is 11.5 Å². The number of nitrogens with two attached hydrogens (primary N) is 1. The van der Waals surface area contributed by atoms with Gasteiger partial charge in [0.2, 0.25) is 0 Å². The topological polar surface area (TPSA) is 38.9 Å². The summed E-state index contributed by atoms with van der Waals surface area (Å²) >= 11 is 1.72. The predicted octanol–water partition coefficient (Wildman–Crippen LogP) is 1.90. The van der Waals surface area contributed by atoms with Crippen LogP contribution in [0.5, 0.6) is 0 Å². The third-order valence-electron chi connectivity index (χ3n) is 1.76. The maximum atomic E-state index is 5.59. The molecule has 62 valence electrons. The molecule has 0 aliphatic heterocycles. The highest BCUT2D eigenvalue weighted by atomic mass is 32.1. The Labute approximate surface area is 71.5 Å². The lowest BCUT2D eigenvalue weighted by molar-refractivity contribution is 0.668. The molecular weight excluding hydrogens is 156 g/mol. The minimum absolute atomic E-state index is 0.466. The first kappa shape index (κ1) is 8.68. The predicted molar refractivity (Wildman–Crippen MR) is 48.9 cm³/mol. The molecule has 0 aromatic carbocycles. The first-order valence-corrected chi connectivity index (χ1v) is 4.78. The summed E-state index contributed by atoms with van der Waals surface area (Å²) in [6.07, 6.45) is 1.09. The summed E-state index contributed by atoms with van der Waals surface area (Å²) in [7, 11) is 0. The third-order valence-corrected chi connectivity index (χ3v) is 2.89. The lowest BCUT2D eigenvalue weighted by Gasteiger charge is -2.06. The highest BCUT2D eigenvalue weighted by Crippen LogP contribution is 2.21.